The van der Waals surface area contributed by atoms with Crippen LogP contribution in [0.2, 0.25) is 0 Å². The van der Waals surface area contributed by atoms with Crippen LogP contribution in [0.3, 0.4) is 0 Å². The third kappa shape index (κ3) is 4.51. The molecular weight excluding hydrogens is 181 g/mol. The first kappa shape index (κ1) is 15.2. The Morgan fingerprint density at radius 3 is 1.08 bits per heavy atom. The summed E-state index contributed by atoms with van der Waals surface area (Å²) in [6.45, 7) is -1.45. The second kappa shape index (κ2) is 7.19. The molecule has 82 valence electrons. The van der Waals surface area contributed by atoms with Gasteiger partial charge in [0.25, 0.3) is 0 Å². The lowest BCUT2D eigenvalue weighted by atomic mass is 10.1. The van der Waals surface area contributed by atoms with Gasteiger partial charge in [-0.3, -0.25) is 0 Å². The van der Waals surface area contributed by atoms with Gasteiger partial charge in [0.05, 0.1) is 13.2 Å². The number of aliphatic hydroxyl groups is 6. The van der Waals surface area contributed by atoms with Crippen molar-refractivity contribution in [2.24, 2.45) is 0 Å². The van der Waals surface area contributed by atoms with Crippen LogP contribution in [0.4, 0.5) is 0 Å². The minimum atomic E-state index is -1.67. The lowest BCUT2D eigenvalue weighted by molar-refractivity contribution is -0.123. The highest BCUT2D eigenvalue weighted by Gasteiger charge is 2.29. The van der Waals surface area contributed by atoms with Gasteiger partial charge in [0.2, 0.25) is 0 Å². The molecule has 0 saturated heterocycles. The highest BCUT2D eigenvalue weighted by molar-refractivity contribution is 4.79. The molecule has 0 aliphatic heterocycles. The molecule has 0 aliphatic carbocycles. The van der Waals surface area contributed by atoms with Crippen molar-refractivity contribution in [2.75, 3.05) is 13.2 Å². The van der Waals surface area contributed by atoms with Crippen LogP contribution in [-0.2, 0) is 0 Å². The zero-order chi connectivity index (χ0) is 9.72. The topological polar surface area (TPSA) is 121 Å². The molecule has 0 spiro atoms. The van der Waals surface area contributed by atoms with E-state index in [0.717, 1.165) is 0 Å². The molecule has 0 unspecified atom stereocenters. The maximum absolute atomic E-state index is 8.96. The van der Waals surface area contributed by atoms with E-state index in [2.05, 4.69) is 0 Å². The zero-order valence-electron chi connectivity index (χ0n) is 6.41. The first-order chi connectivity index (χ1) is 5.54. The molecule has 0 radical (unpaired) electrons. The van der Waals surface area contributed by atoms with Gasteiger partial charge >= 0.3 is 0 Å². The van der Waals surface area contributed by atoms with Gasteiger partial charge < -0.3 is 30.6 Å². The normalized spacial score (nSPS) is 19.8. The van der Waals surface area contributed by atoms with E-state index in [0.29, 0.717) is 0 Å². The van der Waals surface area contributed by atoms with Crippen LogP contribution in [-0.4, -0.2) is 68.3 Å². The predicted octanol–water partition coefficient (Wildman–Crippen LogP) is -2.95. The number of aliphatic hydroxyl groups excluding tert-OH is 6. The second-order valence-electron chi connectivity index (χ2n) is 2.48. The predicted molar refractivity (Wildman–Crippen MR) is 44.9 cm³/mol. The van der Waals surface area contributed by atoms with Crippen molar-refractivity contribution < 1.29 is 30.6 Å². The van der Waals surface area contributed by atoms with E-state index < -0.39 is 37.6 Å². The summed E-state index contributed by atoms with van der Waals surface area (Å²) in [4.78, 5) is 0. The van der Waals surface area contributed by atoms with Crippen molar-refractivity contribution in [2.45, 2.75) is 31.8 Å². The Morgan fingerprint density at radius 1 is 0.692 bits per heavy atom. The molecule has 0 aliphatic rings. The largest absolute Gasteiger partial charge is 0.394 e. The zero-order valence-corrected chi connectivity index (χ0v) is 6.41. The lowest BCUT2D eigenvalue weighted by Crippen LogP contribution is -2.46. The fraction of sp³-hybridized carbons (Fsp3) is 1.00. The Hall–Kier alpha value is -0.240. The minimum Gasteiger partial charge on any atom is -0.394 e. The summed E-state index contributed by atoms with van der Waals surface area (Å²) in [5.41, 5.74) is 0. The van der Waals surface area contributed by atoms with Crippen molar-refractivity contribution in [1.82, 2.24) is 0 Å². The lowest BCUT2D eigenvalue weighted by Gasteiger charge is -2.24. The van der Waals surface area contributed by atoms with Gasteiger partial charge in [0, 0.05) is 0 Å². The van der Waals surface area contributed by atoms with Gasteiger partial charge in [-0.2, -0.15) is 0 Å². The quantitative estimate of drug-likeness (QED) is 0.263. The number of hydrogen-bond acceptors (Lipinski definition) is 6. The molecular formula is C7H18O6. The molecule has 13 heavy (non-hydrogen) atoms. The smallest absolute Gasteiger partial charge is 0.111 e. The summed E-state index contributed by atoms with van der Waals surface area (Å²) in [7, 11) is 0. The van der Waals surface area contributed by atoms with Crippen molar-refractivity contribution in [1.29, 1.82) is 0 Å². The Morgan fingerprint density at radius 2 is 0.923 bits per heavy atom. The van der Waals surface area contributed by atoms with E-state index in [-0.39, 0.29) is 7.43 Å². The fourth-order valence-electron chi connectivity index (χ4n) is 0.671. The molecule has 0 aromatic rings. The molecule has 0 amide bonds. The van der Waals surface area contributed by atoms with Crippen molar-refractivity contribution in [3.05, 3.63) is 0 Å². The maximum atomic E-state index is 8.96. The molecule has 0 fully saturated rings. The SMILES string of the molecule is C.OC[C@@H](O)[C@@H](O)[C@H](O)[C@@H](O)[13CH2]O. The van der Waals surface area contributed by atoms with Crippen LogP contribution >= 0.6 is 0 Å². The molecule has 6 heteroatoms. The van der Waals surface area contributed by atoms with Gasteiger partial charge in [0.1, 0.15) is 24.4 Å². The van der Waals surface area contributed by atoms with E-state index in [1.165, 1.54) is 0 Å². The van der Waals surface area contributed by atoms with E-state index in [1.807, 2.05) is 0 Å². The summed E-state index contributed by atoms with van der Waals surface area (Å²) in [6, 6.07) is 0. The molecule has 0 bridgehead atoms. The first-order valence-corrected chi connectivity index (χ1v) is 3.48. The molecule has 0 rings (SSSR count). The van der Waals surface area contributed by atoms with E-state index in [4.69, 9.17) is 30.6 Å². The maximum Gasteiger partial charge on any atom is 0.111 e. The van der Waals surface area contributed by atoms with Crippen LogP contribution in [0.5, 0.6) is 0 Å². The van der Waals surface area contributed by atoms with Crippen LogP contribution < -0.4 is 0 Å². The van der Waals surface area contributed by atoms with Gasteiger partial charge in [-0.05, 0) is 0 Å². The molecule has 0 heterocycles. The summed E-state index contributed by atoms with van der Waals surface area (Å²) in [5, 5.41) is 52.2. The average molecular weight is 199 g/mol. The Bertz CT molecular complexity index is 106. The monoisotopic (exact) mass is 199 g/mol. The third-order valence-corrected chi connectivity index (χ3v) is 1.51. The molecule has 6 nitrogen and oxygen atoms in total. The van der Waals surface area contributed by atoms with E-state index in [9.17, 15) is 0 Å². The third-order valence-electron chi connectivity index (χ3n) is 1.51. The van der Waals surface area contributed by atoms with Crippen LogP contribution in [0.15, 0.2) is 0 Å². The van der Waals surface area contributed by atoms with Crippen LogP contribution in [0, 0.1) is 0 Å². The van der Waals surface area contributed by atoms with Crippen LogP contribution in [0.1, 0.15) is 7.43 Å². The van der Waals surface area contributed by atoms with Crippen LogP contribution in [0.25, 0.3) is 0 Å². The molecule has 4 atom stereocenters. The summed E-state index contributed by atoms with van der Waals surface area (Å²) in [6.07, 6.45) is -6.39. The summed E-state index contributed by atoms with van der Waals surface area (Å²) < 4.78 is 0. The van der Waals surface area contributed by atoms with Gasteiger partial charge in [-0.1, -0.05) is 7.43 Å². The first-order valence-electron chi connectivity index (χ1n) is 3.48. The second-order valence-corrected chi connectivity index (χ2v) is 2.48. The van der Waals surface area contributed by atoms with Crippen molar-refractivity contribution in [3.63, 3.8) is 0 Å². The summed E-state index contributed by atoms with van der Waals surface area (Å²) in [5.74, 6) is 0. The fourth-order valence-corrected chi connectivity index (χ4v) is 0.671. The molecule has 6 N–H and O–H groups in total. The van der Waals surface area contributed by atoms with Gasteiger partial charge in [-0.15, -0.1) is 0 Å². The van der Waals surface area contributed by atoms with E-state index in [1.54, 1.807) is 0 Å². The van der Waals surface area contributed by atoms with Gasteiger partial charge in [0.15, 0.2) is 0 Å². The van der Waals surface area contributed by atoms with Gasteiger partial charge in [-0.25, -0.2) is 0 Å². The van der Waals surface area contributed by atoms with Crippen molar-refractivity contribution in [3.8, 4) is 0 Å². The number of rotatable bonds is 5. The van der Waals surface area contributed by atoms with E-state index >= 15 is 0 Å². The highest BCUT2D eigenvalue weighted by atomic mass is 16.4. The molecule has 0 saturated carbocycles. The number of hydrogen-bond donors (Lipinski definition) is 6. The molecule has 0 aromatic heterocycles. The molecule has 0 aromatic carbocycles. The standard InChI is InChI=1S/C6H14O6.CH4/c7-1-3(9)5(11)6(12)4(10)2-8;/h3-12H,1-2H2;1H4/t3-,4+,5-,6-;/m1./s1/i1+1;/t3-,4+,5+,6+;/m0.. The Balaban J connectivity index is 0. The highest BCUT2D eigenvalue weighted by Crippen LogP contribution is 2.03. The Labute approximate surface area is 76.7 Å². The summed E-state index contributed by atoms with van der Waals surface area (Å²) >= 11 is 0. The average Bonchev–Trinajstić information content (AvgIpc) is 2.12. The van der Waals surface area contributed by atoms with Crippen molar-refractivity contribution >= 4 is 0 Å². The Kier molecular flexibility index (Phi) is 8.43. The minimum absolute atomic E-state index is 0.